The van der Waals surface area contributed by atoms with Crippen LogP contribution in [0.2, 0.25) is 0 Å². The van der Waals surface area contributed by atoms with Crippen LogP contribution < -0.4 is 5.32 Å². The number of ether oxygens (including phenoxy) is 6. The molecule has 0 bridgehead atoms. The van der Waals surface area contributed by atoms with Crippen LogP contribution in [0.15, 0.2) is 36.5 Å². The maximum absolute atomic E-state index is 13.4. The van der Waals surface area contributed by atoms with E-state index < -0.39 is 124 Å². The van der Waals surface area contributed by atoms with Gasteiger partial charge in [-0.25, -0.2) is 0 Å². The molecule has 19 nitrogen and oxygen atoms in total. The Balaban J connectivity index is 1.42. The zero-order valence-electron chi connectivity index (χ0n) is 58.0. The van der Waals surface area contributed by atoms with Gasteiger partial charge in [0.15, 0.2) is 18.9 Å². The van der Waals surface area contributed by atoms with Crippen LogP contribution in [0.25, 0.3) is 0 Å². The van der Waals surface area contributed by atoms with Crippen LogP contribution >= 0.6 is 0 Å². The van der Waals surface area contributed by atoms with Crippen LogP contribution in [-0.2, 0) is 33.2 Å². The van der Waals surface area contributed by atoms with Crippen molar-refractivity contribution in [2.75, 3.05) is 26.4 Å². The SMILES string of the molecule is CCCCCCCCCC/C=C\CCCCCCCCCCCC(=O)NC(COC1OC(CO)C(OC2OC(CO)C(OC3OC(CO)C(O)C(O)C3O)C(O)C2O)C(O)C1O)C(O)/C=C/CC/C=C/CCCCCCCCCCCCCCCCCCCCCCC. The van der Waals surface area contributed by atoms with E-state index in [1.807, 2.05) is 6.08 Å². The van der Waals surface area contributed by atoms with E-state index in [1.54, 1.807) is 6.08 Å². The highest BCUT2D eigenvalue weighted by molar-refractivity contribution is 5.76. The second-order valence-electron chi connectivity index (χ2n) is 27.1. The Hall–Kier alpha value is -1.99. The monoisotopic (exact) mass is 1330 g/mol. The van der Waals surface area contributed by atoms with E-state index in [0.717, 1.165) is 51.4 Å². The summed E-state index contributed by atoms with van der Waals surface area (Å²) in [5.41, 5.74) is 0. The maximum atomic E-state index is 13.4. The first kappa shape index (κ1) is 85.2. The quantitative estimate of drug-likeness (QED) is 0.0199. The second-order valence-corrected chi connectivity index (χ2v) is 27.1. The van der Waals surface area contributed by atoms with E-state index in [-0.39, 0.29) is 18.9 Å². The van der Waals surface area contributed by atoms with E-state index in [4.69, 9.17) is 28.4 Å². The summed E-state index contributed by atoms with van der Waals surface area (Å²) in [6, 6.07) is -0.992. The average Bonchev–Trinajstić information content (AvgIpc) is 1.48. The summed E-state index contributed by atoms with van der Waals surface area (Å²) in [5, 5.41) is 121. The molecule has 3 rings (SSSR count). The summed E-state index contributed by atoms with van der Waals surface area (Å²) in [5.74, 6) is -0.284. The zero-order valence-corrected chi connectivity index (χ0v) is 58.0. The molecular weight excluding hydrogens is 1190 g/mol. The lowest BCUT2D eigenvalue weighted by atomic mass is 9.96. The zero-order chi connectivity index (χ0) is 67.5. The molecule has 3 aliphatic rings. The molecule has 0 radical (unpaired) electrons. The maximum Gasteiger partial charge on any atom is 0.220 e. The highest BCUT2D eigenvalue weighted by atomic mass is 16.8. The van der Waals surface area contributed by atoms with Crippen molar-refractivity contribution >= 4 is 5.91 Å². The Kier molecular flexibility index (Phi) is 51.2. The number of amides is 1. The Labute approximate surface area is 561 Å². The van der Waals surface area contributed by atoms with Crippen LogP contribution in [0.4, 0.5) is 0 Å². The van der Waals surface area contributed by atoms with Crippen molar-refractivity contribution in [2.24, 2.45) is 0 Å². The average molecular weight is 1330 g/mol. The van der Waals surface area contributed by atoms with Gasteiger partial charge < -0.3 is 89.9 Å². The van der Waals surface area contributed by atoms with Crippen LogP contribution in [0.5, 0.6) is 0 Å². The van der Waals surface area contributed by atoms with Crippen LogP contribution in [0, 0.1) is 0 Å². The van der Waals surface area contributed by atoms with Crippen LogP contribution in [0.3, 0.4) is 0 Å². The molecule has 546 valence electrons. The molecule has 3 heterocycles. The predicted octanol–water partition coefficient (Wildman–Crippen LogP) is 11.2. The number of hydrogen-bond acceptors (Lipinski definition) is 18. The fraction of sp³-hybridized carbons (Fsp3) is 0.905. The number of allylic oxidation sites excluding steroid dienone is 5. The van der Waals surface area contributed by atoms with Crippen molar-refractivity contribution in [3.63, 3.8) is 0 Å². The molecule has 0 aromatic carbocycles. The molecule has 1 amide bonds. The molecular formula is C74H137NO18. The molecule has 3 aliphatic heterocycles. The number of rotatable bonds is 59. The van der Waals surface area contributed by atoms with E-state index in [9.17, 15) is 61.0 Å². The van der Waals surface area contributed by atoms with E-state index in [0.29, 0.717) is 12.8 Å². The summed E-state index contributed by atoms with van der Waals surface area (Å²) in [4.78, 5) is 13.4. The first-order chi connectivity index (χ1) is 45.3. The summed E-state index contributed by atoms with van der Waals surface area (Å²) < 4.78 is 34.4. The third kappa shape index (κ3) is 37.1. The fourth-order valence-electron chi connectivity index (χ4n) is 12.8. The number of unbranched alkanes of at least 4 members (excludes halogenated alkanes) is 39. The lowest BCUT2D eigenvalue weighted by Gasteiger charge is -2.48. The number of hydrogen-bond donors (Lipinski definition) is 12. The normalized spacial score (nSPS) is 27.7. The molecule has 93 heavy (non-hydrogen) atoms. The Bertz CT molecular complexity index is 1830. The second kappa shape index (κ2) is 55.8. The topological polar surface area (TPSA) is 307 Å². The lowest BCUT2D eigenvalue weighted by Crippen LogP contribution is -2.66. The molecule has 0 aromatic rings. The standard InChI is InChI=1S/C74H137NO18/c1-3-5-7-9-11-13-15-17-19-21-23-25-26-27-28-29-30-32-33-35-37-39-41-43-45-47-49-51-58(79)57(75-62(80)52-50-48-46-44-42-40-38-36-34-31-24-22-20-18-16-14-12-10-8-6-4-2)56-88-72-68(86)65(83)70(60(54-77)90-72)93-74-69(87)66(84)71(61(55-78)91-74)92-73-67(85)64(82)63(81)59(53-76)89-73/h22,24,41,43,49,51,57-61,63-74,76-79,81-87H,3-21,23,25-40,42,44-48,50,52-56H2,1-2H3,(H,75,80)/b24-22-,43-41+,51-49+. The fourth-order valence-corrected chi connectivity index (χ4v) is 12.8. The van der Waals surface area contributed by atoms with Gasteiger partial charge in [-0.05, 0) is 57.8 Å². The third-order valence-corrected chi connectivity index (χ3v) is 18.9. The number of carbonyl (C=O) groups is 1. The number of aliphatic hydroxyl groups is 11. The molecule has 0 aliphatic carbocycles. The smallest absolute Gasteiger partial charge is 0.220 e. The minimum Gasteiger partial charge on any atom is -0.394 e. The predicted molar refractivity (Wildman–Crippen MR) is 365 cm³/mol. The Morgan fingerprint density at radius 1 is 0.376 bits per heavy atom. The third-order valence-electron chi connectivity index (χ3n) is 18.9. The van der Waals surface area contributed by atoms with E-state index >= 15 is 0 Å². The van der Waals surface area contributed by atoms with Gasteiger partial charge in [-0.3, -0.25) is 4.79 Å². The van der Waals surface area contributed by atoms with Gasteiger partial charge >= 0.3 is 0 Å². The molecule has 17 atom stereocenters. The molecule has 0 spiro atoms. The highest BCUT2D eigenvalue weighted by Crippen LogP contribution is 2.33. The van der Waals surface area contributed by atoms with Gasteiger partial charge in [0, 0.05) is 6.42 Å². The molecule has 12 N–H and O–H groups in total. The summed E-state index contributed by atoms with van der Waals surface area (Å²) in [7, 11) is 0. The van der Waals surface area contributed by atoms with Crippen molar-refractivity contribution in [1.29, 1.82) is 0 Å². The number of aliphatic hydroxyl groups excluding tert-OH is 11. The van der Waals surface area contributed by atoms with Gasteiger partial charge in [-0.1, -0.05) is 269 Å². The van der Waals surface area contributed by atoms with Gasteiger partial charge in [-0.2, -0.15) is 0 Å². The summed E-state index contributed by atoms with van der Waals surface area (Å²) in [6.45, 7) is 1.75. The molecule has 3 saturated heterocycles. The van der Waals surface area contributed by atoms with E-state index in [2.05, 4.69) is 43.5 Å². The van der Waals surface area contributed by atoms with Crippen molar-refractivity contribution < 1.29 is 89.4 Å². The van der Waals surface area contributed by atoms with Crippen LogP contribution in [-0.4, -0.2) is 193 Å². The Morgan fingerprint density at radius 3 is 1.08 bits per heavy atom. The molecule has 19 heteroatoms. The highest BCUT2D eigenvalue weighted by Gasteiger charge is 2.53. The first-order valence-electron chi connectivity index (χ1n) is 37.7. The van der Waals surface area contributed by atoms with Gasteiger partial charge in [0.25, 0.3) is 0 Å². The van der Waals surface area contributed by atoms with E-state index in [1.165, 1.54) is 212 Å². The van der Waals surface area contributed by atoms with Crippen LogP contribution in [0.1, 0.15) is 296 Å². The number of nitrogens with one attached hydrogen (secondary N) is 1. The first-order valence-corrected chi connectivity index (χ1v) is 37.7. The minimum atomic E-state index is -1.98. The van der Waals surface area contributed by atoms with Crippen molar-refractivity contribution in [2.45, 2.75) is 401 Å². The molecule has 17 unspecified atom stereocenters. The molecule has 0 saturated carbocycles. The van der Waals surface area contributed by atoms with Crippen molar-refractivity contribution in [3.05, 3.63) is 36.5 Å². The molecule has 3 fully saturated rings. The van der Waals surface area contributed by atoms with Gasteiger partial charge in [-0.15, -0.1) is 0 Å². The summed E-state index contributed by atoms with van der Waals surface area (Å²) >= 11 is 0. The van der Waals surface area contributed by atoms with Gasteiger partial charge in [0.1, 0.15) is 73.2 Å². The number of carbonyl (C=O) groups excluding carboxylic acids is 1. The summed E-state index contributed by atoms with van der Waals surface area (Å²) in [6.07, 6.45) is 39.9. The Morgan fingerprint density at radius 2 is 0.688 bits per heavy atom. The largest absolute Gasteiger partial charge is 0.394 e. The van der Waals surface area contributed by atoms with Gasteiger partial charge in [0.2, 0.25) is 5.91 Å². The van der Waals surface area contributed by atoms with Gasteiger partial charge in [0.05, 0.1) is 38.6 Å². The van der Waals surface area contributed by atoms with Crippen molar-refractivity contribution in [1.82, 2.24) is 5.32 Å². The van der Waals surface area contributed by atoms with Crippen molar-refractivity contribution in [3.8, 4) is 0 Å². The molecule has 0 aromatic heterocycles. The minimum absolute atomic E-state index is 0.234. The lowest BCUT2D eigenvalue weighted by molar-refractivity contribution is -0.379.